The first-order valence-corrected chi connectivity index (χ1v) is 9.50. The van der Waals surface area contributed by atoms with Crippen LogP contribution >= 0.6 is 23.5 Å². The molecule has 1 aliphatic heterocycles. The Kier molecular flexibility index (Phi) is 4.37. The first-order valence-electron chi connectivity index (χ1n) is 7.05. The zero-order chi connectivity index (χ0) is 16.4. The van der Waals surface area contributed by atoms with Crippen molar-refractivity contribution in [1.82, 2.24) is 0 Å². The van der Waals surface area contributed by atoms with E-state index in [9.17, 15) is 9.59 Å². The standard InChI is InChI=1S/C17H16N2O2S2/c1-22-17(23-2)18(13-9-5-3-6-10-13)15(20)16(21)19(17)14-11-7-4-8-12-14/h3-12H,1-2H3. The van der Waals surface area contributed by atoms with Crippen LogP contribution in [0.4, 0.5) is 11.4 Å². The minimum atomic E-state index is -0.836. The number of anilines is 2. The highest BCUT2D eigenvalue weighted by Gasteiger charge is 2.57. The zero-order valence-corrected chi connectivity index (χ0v) is 14.4. The largest absolute Gasteiger partial charge is 0.320 e. The van der Waals surface area contributed by atoms with Crippen molar-refractivity contribution in [3.8, 4) is 0 Å². The molecule has 3 rings (SSSR count). The van der Waals surface area contributed by atoms with Crippen LogP contribution in [0.15, 0.2) is 60.7 Å². The van der Waals surface area contributed by atoms with Gasteiger partial charge in [0, 0.05) is 11.4 Å². The van der Waals surface area contributed by atoms with Crippen molar-refractivity contribution in [2.24, 2.45) is 0 Å². The summed E-state index contributed by atoms with van der Waals surface area (Å²) in [4.78, 5) is 28.6. The van der Waals surface area contributed by atoms with Crippen LogP contribution in [-0.4, -0.2) is 28.7 Å². The van der Waals surface area contributed by atoms with Gasteiger partial charge in [-0.1, -0.05) is 36.4 Å². The van der Waals surface area contributed by atoms with E-state index in [1.54, 1.807) is 9.80 Å². The Morgan fingerprint density at radius 1 is 0.696 bits per heavy atom. The van der Waals surface area contributed by atoms with E-state index < -0.39 is 16.1 Å². The first-order chi connectivity index (χ1) is 11.2. The van der Waals surface area contributed by atoms with Crippen molar-refractivity contribution >= 4 is 46.7 Å². The molecule has 0 bridgehead atoms. The Morgan fingerprint density at radius 2 is 1.04 bits per heavy atom. The van der Waals surface area contributed by atoms with Gasteiger partial charge in [0.2, 0.25) is 4.33 Å². The Morgan fingerprint density at radius 3 is 1.35 bits per heavy atom. The molecular formula is C17H16N2O2S2. The SMILES string of the molecule is CSC1(SC)N(c2ccccc2)C(=O)C(=O)N1c1ccccc1. The lowest BCUT2D eigenvalue weighted by Gasteiger charge is -2.40. The Hall–Kier alpha value is -1.92. The molecule has 0 unspecified atom stereocenters. The smallest absolute Gasteiger partial charge is 0.263 e. The molecule has 0 saturated carbocycles. The number of hydrogen-bond acceptors (Lipinski definition) is 4. The average molecular weight is 344 g/mol. The number of amides is 2. The molecule has 2 aromatic rings. The van der Waals surface area contributed by atoms with Gasteiger partial charge in [-0.05, 0) is 36.8 Å². The fraction of sp³-hybridized carbons (Fsp3) is 0.176. The van der Waals surface area contributed by atoms with E-state index >= 15 is 0 Å². The molecule has 23 heavy (non-hydrogen) atoms. The zero-order valence-electron chi connectivity index (χ0n) is 12.8. The summed E-state index contributed by atoms with van der Waals surface area (Å²) >= 11 is 2.93. The maximum Gasteiger partial charge on any atom is 0.320 e. The van der Waals surface area contributed by atoms with Gasteiger partial charge in [-0.3, -0.25) is 19.4 Å². The van der Waals surface area contributed by atoms with Gasteiger partial charge < -0.3 is 0 Å². The number of carbonyl (C=O) groups is 2. The molecule has 118 valence electrons. The fourth-order valence-corrected chi connectivity index (χ4v) is 4.86. The number of carbonyl (C=O) groups excluding carboxylic acids is 2. The average Bonchev–Trinajstić information content (AvgIpc) is 2.84. The number of rotatable bonds is 4. The van der Waals surface area contributed by atoms with Gasteiger partial charge >= 0.3 is 11.8 Å². The molecule has 0 spiro atoms. The number of benzene rings is 2. The van der Waals surface area contributed by atoms with Crippen LogP contribution in [0.25, 0.3) is 0 Å². The van der Waals surface area contributed by atoms with Gasteiger partial charge in [-0.2, -0.15) is 0 Å². The normalized spacial score (nSPS) is 17.0. The second-order valence-electron chi connectivity index (χ2n) is 4.91. The number of nitrogens with zero attached hydrogens (tertiary/aromatic N) is 2. The topological polar surface area (TPSA) is 40.6 Å². The lowest BCUT2D eigenvalue weighted by molar-refractivity contribution is -0.133. The molecule has 1 fully saturated rings. The van der Waals surface area contributed by atoms with E-state index in [4.69, 9.17) is 0 Å². The lowest BCUT2D eigenvalue weighted by Crippen LogP contribution is -2.49. The molecule has 2 amide bonds. The van der Waals surface area contributed by atoms with E-state index in [2.05, 4.69) is 0 Å². The van der Waals surface area contributed by atoms with Gasteiger partial charge in [0.1, 0.15) is 0 Å². The van der Waals surface area contributed by atoms with Crippen molar-refractivity contribution < 1.29 is 9.59 Å². The van der Waals surface area contributed by atoms with E-state index in [0.717, 1.165) is 0 Å². The fourth-order valence-electron chi connectivity index (χ4n) is 2.71. The maximum atomic E-state index is 12.7. The maximum absolute atomic E-state index is 12.7. The summed E-state index contributed by atoms with van der Waals surface area (Å²) in [5.74, 6) is -1.02. The predicted molar refractivity (Wildman–Crippen MR) is 97.6 cm³/mol. The second kappa shape index (κ2) is 6.29. The van der Waals surface area contributed by atoms with Crippen molar-refractivity contribution in [1.29, 1.82) is 0 Å². The van der Waals surface area contributed by atoms with Gasteiger partial charge in [-0.15, -0.1) is 23.5 Å². The molecule has 6 heteroatoms. The Labute approximate surface area is 143 Å². The van der Waals surface area contributed by atoms with Crippen LogP contribution in [0.2, 0.25) is 0 Å². The third kappa shape index (κ3) is 2.42. The molecule has 0 atom stereocenters. The number of thioether (sulfide) groups is 2. The molecule has 4 nitrogen and oxygen atoms in total. The van der Waals surface area contributed by atoms with Crippen LogP contribution in [0.1, 0.15) is 0 Å². The molecule has 1 aliphatic rings. The summed E-state index contributed by atoms with van der Waals surface area (Å²) in [5, 5.41) is 0. The lowest BCUT2D eigenvalue weighted by atomic mass is 10.3. The highest BCUT2D eigenvalue weighted by Crippen LogP contribution is 2.49. The van der Waals surface area contributed by atoms with Crippen LogP contribution in [0.5, 0.6) is 0 Å². The monoisotopic (exact) mass is 344 g/mol. The minimum absolute atomic E-state index is 0.510. The highest BCUT2D eigenvalue weighted by atomic mass is 32.2. The molecule has 1 heterocycles. The molecule has 2 aromatic carbocycles. The Bertz CT molecular complexity index is 658. The summed E-state index contributed by atoms with van der Waals surface area (Å²) in [6, 6.07) is 18.6. The predicted octanol–water partition coefficient (Wildman–Crippen LogP) is 3.40. The summed E-state index contributed by atoms with van der Waals surface area (Å²) in [6.45, 7) is 0. The first kappa shape index (κ1) is 16.0. The highest BCUT2D eigenvalue weighted by molar-refractivity contribution is 8.18. The molecule has 0 aliphatic carbocycles. The van der Waals surface area contributed by atoms with Crippen molar-refractivity contribution in [2.45, 2.75) is 4.33 Å². The van der Waals surface area contributed by atoms with Crippen molar-refractivity contribution in [2.75, 3.05) is 22.3 Å². The van der Waals surface area contributed by atoms with E-state index in [0.29, 0.717) is 11.4 Å². The van der Waals surface area contributed by atoms with E-state index in [-0.39, 0.29) is 0 Å². The van der Waals surface area contributed by atoms with Crippen molar-refractivity contribution in [3.63, 3.8) is 0 Å². The third-order valence-electron chi connectivity index (χ3n) is 3.71. The number of para-hydroxylation sites is 2. The summed E-state index contributed by atoms with van der Waals surface area (Å²) in [5.41, 5.74) is 1.43. The molecule has 0 radical (unpaired) electrons. The molecule has 1 saturated heterocycles. The van der Waals surface area contributed by atoms with Crippen LogP contribution < -0.4 is 9.80 Å². The molecule has 0 N–H and O–H groups in total. The van der Waals surface area contributed by atoms with Gasteiger partial charge in [0.15, 0.2) is 0 Å². The van der Waals surface area contributed by atoms with E-state index in [1.807, 2.05) is 73.2 Å². The summed E-state index contributed by atoms with van der Waals surface area (Å²) in [6.07, 6.45) is 3.82. The summed E-state index contributed by atoms with van der Waals surface area (Å²) in [7, 11) is 0. The van der Waals surface area contributed by atoms with Gasteiger partial charge in [0.05, 0.1) is 0 Å². The summed E-state index contributed by atoms with van der Waals surface area (Å²) < 4.78 is -0.836. The van der Waals surface area contributed by atoms with Gasteiger partial charge in [0.25, 0.3) is 0 Å². The number of hydrogen-bond donors (Lipinski definition) is 0. The second-order valence-corrected chi connectivity index (χ2v) is 7.12. The Balaban J connectivity index is 2.18. The van der Waals surface area contributed by atoms with Crippen LogP contribution in [-0.2, 0) is 9.59 Å². The van der Waals surface area contributed by atoms with E-state index in [1.165, 1.54) is 23.5 Å². The quantitative estimate of drug-likeness (QED) is 0.630. The van der Waals surface area contributed by atoms with Crippen molar-refractivity contribution in [3.05, 3.63) is 60.7 Å². The minimum Gasteiger partial charge on any atom is -0.263 e. The molecule has 0 aromatic heterocycles. The third-order valence-corrected chi connectivity index (χ3v) is 6.51. The van der Waals surface area contributed by atoms with Gasteiger partial charge in [-0.25, -0.2) is 0 Å². The molecular weight excluding hydrogens is 328 g/mol. The van der Waals surface area contributed by atoms with Crippen LogP contribution in [0, 0.1) is 0 Å². The van der Waals surface area contributed by atoms with Crippen LogP contribution in [0.3, 0.4) is 0 Å².